The van der Waals surface area contributed by atoms with Crippen molar-refractivity contribution in [1.82, 2.24) is 0 Å². The van der Waals surface area contributed by atoms with E-state index in [2.05, 4.69) is 5.73 Å². The third-order valence-electron chi connectivity index (χ3n) is 1.09. The lowest BCUT2D eigenvalue weighted by molar-refractivity contribution is -0.139. The monoisotopic (exact) mass is 164 g/mol. The van der Waals surface area contributed by atoms with Crippen LogP contribution in [-0.4, -0.2) is 29.2 Å². The van der Waals surface area contributed by atoms with Crippen molar-refractivity contribution in [2.75, 3.05) is 0 Å². The summed E-state index contributed by atoms with van der Waals surface area (Å²) in [5.41, 5.74) is 9.43. The molecule has 0 radical (unpaired) electrons. The van der Waals surface area contributed by atoms with Crippen molar-refractivity contribution in [1.29, 1.82) is 0 Å². The zero-order chi connectivity index (χ0) is 9.02. The summed E-state index contributed by atoms with van der Waals surface area (Å²) in [6.45, 7) is 0. The fourth-order valence-corrected chi connectivity index (χ4v) is 0.440. The number of carboxylic acids is 1. The van der Waals surface area contributed by atoms with E-state index in [4.69, 9.17) is 10.8 Å². The van der Waals surface area contributed by atoms with Gasteiger partial charge in [-0.05, 0) is 0 Å². The van der Waals surface area contributed by atoms with Gasteiger partial charge in [0.25, 0.3) is 5.91 Å². The molecule has 6 heteroatoms. The second-order valence-electron chi connectivity index (χ2n) is 2.05. The maximum atomic E-state index is 12.3. The predicted octanol–water partition coefficient (Wildman–Crippen LogP) is -1.39. The second-order valence-corrected chi connectivity index (χ2v) is 2.05. The van der Waals surface area contributed by atoms with Crippen molar-refractivity contribution in [3.63, 3.8) is 0 Å². The van der Waals surface area contributed by atoms with E-state index in [1.807, 2.05) is 0 Å². The highest BCUT2D eigenvalue weighted by molar-refractivity contribution is 5.80. The first kappa shape index (κ1) is 9.83. The van der Waals surface area contributed by atoms with E-state index in [1.54, 1.807) is 0 Å². The molecule has 1 unspecified atom stereocenters. The number of carboxylic acid groups (broad SMARTS) is 1. The van der Waals surface area contributed by atoms with Crippen LogP contribution in [0.4, 0.5) is 4.39 Å². The van der Waals surface area contributed by atoms with Gasteiger partial charge in [-0.1, -0.05) is 0 Å². The lowest BCUT2D eigenvalue weighted by Gasteiger charge is -2.06. The number of hydrogen-bond acceptors (Lipinski definition) is 3. The second kappa shape index (κ2) is 3.87. The first-order chi connectivity index (χ1) is 4.95. The third kappa shape index (κ3) is 3.51. The summed E-state index contributed by atoms with van der Waals surface area (Å²) < 4.78 is 12.3. The van der Waals surface area contributed by atoms with Gasteiger partial charge in [0.1, 0.15) is 6.04 Å². The standard InChI is InChI=1S/C5H9FN2O3/c6-2(4(8)9)1-3(7)5(10)11/h2-3H,1,7H2,(H2,8,9)(H,10,11)/t2?,3-/m0/s1. The molecular formula is C5H9FN2O3. The summed E-state index contributed by atoms with van der Waals surface area (Å²) in [7, 11) is 0. The lowest BCUT2D eigenvalue weighted by atomic mass is 10.1. The van der Waals surface area contributed by atoms with Crippen LogP contribution in [0.1, 0.15) is 6.42 Å². The molecule has 11 heavy (non-hydrogen) atoms. The van der Waals surface area contributed by atoms with Crippen molar-refractivity contribution in [2.24, 2.45) is 11.5 Å². The Morgan fingerprint density at radius 1 is 1.55 bits per heavy atom. The molecule has 0 aromatic rings. The number of rotatable bonds is 4. The third-order valence-corrected chi connectivity index (χ3v) is 1.09. The average Bonchev–Trinajstić information content (AvgIpc) is 1.87. The van der Waals surface area contributed by atoms with Crippen molar-refractivity contribution < 1.29 is 19.1 Å². The molecule has 0 aliphatic heterocycles. The predicted molar refractivity (Wildman–Crippen MR) is 34.3 cm³/mol. The molecule has 0 aromatic heterocycles. The topological polar surface area (TPSA) is 106 Å². The fourth-order valence-electron chi connectivity index (χ4n) is 0.440. The molecule has 2 atom stereocenters. The van der Waals surface area contributed by atoms with Crippen molar-refractivity contribution in [3.8, 4) is 0 Å². The molecule has 5 N–H and O–H groups in total. The zero-order valence-electron chi connectivity index (χ0n) is 5.66. The van der Waals surface area contributed by atoms with E-state index in [0.29, 0.717) is 0 Å². The quantitative estimate of drug-likeness (QED) is 0.475. The van der Waals surface area contributed by atoms with Crippen LogP contribution in [0.3, 0.4) is 0 Å². The van der Waals surface area contributed by atoms with Crippen LogP contribution < -0.4 is 11.5 Å². The molecule has 0 rings (SSSR count). The molecule has 0 aromatic carbocycles. The van der Waals surface area contributed by atoms with Crippen molar-refractivity contribution >= 4 is 11.9 Å². The molecule has 0 spiro atoms. The minimum Gasteiger partial charge on any atom is -0.480 e. The van der Waals surface area contributed by atoms with Gasteiger partial charge in [-0.3, -0.25) is 9.59 Å². The Balaban J connectivity index is 3.84. The number of alkyl halides is 1. The molecule has 0 aliphatic carbocycles. The molecular weight excluding hydrogens is 155 g/mol. The molecule has 0 saturated carbocycles. The zero-order valence-corrected chi connectivity index (χ0v) is 5.66. The highest BCUT2D eigenvalue weighted by Crippen LogP contribution is 1.99. The Labute approximate surface area is 62.2 Å². The van der Waals surface area contributed by atoms with Gasteiger partial charge < -0.3 is 16.6 Å². The number of primary amides is 1. The summed E-state index contributed by atoms with van der Waals surface area (Å²) in [6.07, 6.45) is -2.56. The molecule has 0 heterocycles. The molecule has 0 saturated heterocycles. The van der Waals surface area contributed by atoms with Crippen molar-refractivity contribution in [3.05, 3.63) is 0 Å². The van der Waals surface area contributed by atoms with Gasteiger partial charge in [0, 0.05) is 6.42 Å². The smallest absolute Gasteiger partial charge is 0.320 e. The fraction of sp³-hybridized carbons (Fsp3) is 0.600. The Bertz CT molecular complexity index is 155. The van der Waals surface area contributed by atoms with Crippen LogP contribution in [0.15, 0.2) is 0 Å². The van der Waals surface area contributed by atoms with Gasteiger partial charge in [0.15, 0.2) is 6.17 Å². The summed E-state index contributed by atoms with van der Waals surface area (Å²) >= 11 is 0. The first-order valence-electron chi connectivity index (χ1n) is 2.87. The molecule has 1 amide bonds. The number of aliphatic carboxylic acids is 1. The lowest BCUT2D eigenvalue weighted by Crippen LogP contribution is -2.37. The Morgan fingerprint density at radius 2 is 2.00 bits per heavy atom. The van der Waals surface area contributed by atoms with Crippen LogP contribution in [0, 0.1) is 0 Å². The normalized spacial score (nSPS) is 15.5. The largest absolute Gasteiger partial charge is 0.480 e. The van der Waals surface area contributed by atoms with E-state index < -0.39 is 30.5 Å². The van der Waals surface area contributed by atoms with Crippen molar-refractivity contribution in [2.45, 2.75) is 18.6 Å². The summed E-state index contributed by atoms with van der Waals surface area (Å²) in [5.74, 6) is -2.55. The molecule has 0 aliphatic rings. The molecule has 0 bridgehead atoms. The highest BCUT2D eigenvalue weighted by Gasteiger charge is 2.21. The molecule has 64 valence electrons. The number of nitrogens with two attached hydrogens (primary N) is 2. The first-order valence-corrected chi connectivity index (χ1v) is 2.87. The van der Waals surface area contributed by atoms with E-state index in [1.165, 1.54) is 0 Å². The van der Waals surface area contributed by atoms with Crippen LogP contribution in [0.2, 0.25) is 0 Å². The van der Waals surface area contributed by atoms with Crippen LogP contribution in [0.5, 0.6) is 0 Å². The minimum atomic E-state index is -1.99. The number of carbonyl (C=O) groups excluding carboxylic acids is 1. The summed E-state index contributed by atoms with van der Waals surface area (Å²) in [5, 5.41) is 8.17. The summed E-state index contributed by atoms with van der Waals surface area (Å²) in [4.78, 5) is 20.1. The van der Waals surface area contributed by atoms with Gasteiger partial charge in [-0.15, -0.1) is 0 Å². The number of amides is 1. The Hall–Kier alpha value is -1.17. The number of carbonyl (C=O) groups is 2. The molecule has 0 fully saturated rings. The van der Waals surface area contributed by atoms with Gasteiger partial charge in [0.05, 0.1) is 0 Å². The van der Waals surface area contributed by atoms with E-state index in [9.17, 15) is 14.0 Å². The van der Waals surface area contributed by atoms with E-state index in [-0.39, 0.29) is 0 Å². The Morgan fingerprint density at radius 3 is 2.27 bits per heavy atom. The van der Waals surface area contributed by atoms with Crippen LogP contribution >= 0.6 is 0 Å². The Kier molecular flexibility index (Phi) is 3.46. The number of hydrogen-bond donors (Lipinski definition) is 3. The van der Waals surface area contributed by atoms with Crippen LogP contribution in [-0.2, 0) is 9.59 Å². The maximum Gasteiger partial charge on any atom is 0.320 e. The van der Waals surface area contributed by atoms with Gasteiger partial charge in [-0.2, -0.15) is 0 Å². The number of halogens is 1. The van der Waals surface area contributed by atoms with E-state index in [0.717, 1.165) is 0 Å². The summed E-state index contributed by atoms with van der Waals surface area (Å²) in [6, 6.07) is -1.38. The molecule has 5 nitrogen and oxygen atoms in total. The SMILES string of the molecule is NC(=O)C(F)C[C@H](N)C(=O)O. The average molecular weight is 164 g/mol. The maximum absolute atomic E-state index is 12.3. The van der Waals surface area contributed by atoms with E-state index >= 15 is 0 Å². The minimum absolute atomic E-state index is 0.579. The highest BCUT2D eigenvalue weighted by atomic mass is 19.1. The van der Waals surface area contributed by atoms with Gasteiger partial charge >= 0.3 is 5.97 Å². The van der Waals surface area contributed by atoms with Gasteiger partial charge in [-0.25, -0.2) is 4.39 Å². The van der Waals surface area contributed by atoms with Crippen LogP contribution in [0.25, 0.3) is 0 Å². The van der Waals surface area contributed by atoms with Gasteiger partial charge in [0.2, 0.25) is 0 Å².